The van der Waals surface area contributed by atoms with Crippen LogP contribution in [0.15, 0.2) is 42.5 Å². The number of nitrogens with one attached hydrogen (secondary N) is 1. The van der Waals surface area contributed by atoms with Gasteiger partial charge in [-0.15, -0.1) is 0 Å². The molecule has 0 aliphatic rings. The average Bonchev–Trinajstić information content (AvgIpc) is 2.37. The molecular weight excluding hydrogens is 236 g/mol. The molecule has 3 nitrogen and oxygen atoms in total. The molecule has 0 bridgehead atoms. The van der Waals surface area contributed by atoms with Crippen molar-refractivity contribution < 1.29 is 4.79 Å². The van der Waals surface area contributed by atoms with E-state index >= 15 is 0 Å². The van der Waals surface area contributed by atoms with E-state index in [1.54, 1.807) is 0 Å². The lowest BCUT2D eigenvalue weighted by atomic mass is 9.99. The molecule has 3 N–H and O–H groups in total. The minimum Gasteiger partial charge on any atom is -0.347 e. The van der Waals surface area contributed by atoms with E-state index in [1.165, 1.54) is 0 Å². The monoisotopic (exact) mass is 256 g/mol. The zero-order valence-electron chi connectivity index (χ0n) is 11.4. The number of hydrogen-bond acceptors (Lipinski definition) is 2. The van der Waals surface area contributed by atoms with Crippen molar-refractivity contribution in [2.24, 2.45) is 5.73 Å². The average molecular weight is 256 g/mol. The topological polar surface area (TPSA) is 55.1 Å². The second-order valence-corrected chi connectivity index (χ2v) is 5.44. The van der Waals surface area contributed by atoms with Crippen molar-refractivity contribution >= 4 is 16.7 Å². The number of rotatable bonds is 4. The third-order valence-corrected chi connectivity index (χ3v) is 3.23. The summed E-state index contributed by atoms with van der Waals surface area (Å²) in [4.78, 5) is 12.2. The minimum absolute atomic E-state index is 0.0517. The Hall–Kier alpha value is -1.87. The number of carbonyl (C=O) groups is 1. The quantitative estimate of drug-likeness (QED) is 0.883. The normalized spacial score (nSPS) is 11.5. The molecule has 0 aliphatic heterocycles. The molecule has 2 aromatic carbocycles. The lowest BCUT2D eigenvalue weighted by Gasteiger charge is -2.25. The molecule has 0 aromatic heterocycles. The van der Waals surface area contributed by atoms with E-state index in [0.717, 1.165) is 17.2 Å². The van der Waals surface area contributed by atoms with Crippen molar-refractivity contribution in [1.82, 2.24) is 5.32 Å². The highest BCUT2D eigenvalue weighted by Crippen LogP contribution is 2.16. The summed E-state index contributed by atoms with van der Waals surface area (Å²) in [5.41, 5.74) is 5.96. The van der Waals surface area contributed by atoms with Gasteiger partial charge in [0.15, 0.2) is 0 Å². The van der Waals surface area contributed by atoms with Crippen molar-refractivity contribution in [2.45, 2.75) is 25.8 Å². The zero-order valence-corrected chi connectivity index (χ0v) is 11.4. The molecule has 0 heterocycles. The molecule has 2 rings (SSSR count). The molecule has 0 saturated heterocycles. The maximum Gasteiger partial charge on any atom is 0.251 e. The first-order valence-corrected chi connectivity index (χ1v) is 6.53. The van der Waals surface area contributed by atoms with Crippen LogP contribution in [0.2, 0.25) is 0 Å². The summed E-state index contributed by atoms with van der Waals surface area (Å²) in [5, 5.41) is 5.23. The van der Waals surface area contributed by atoms with Crippen molar-refractivity contribution in [2.75, 3.05) is 6.54 Å². The molecule has 1 amide bonds. The van der Waals surface area contributed by atoms with Crippen LogP contribution in [0.3, 0.4) is 0 Å². The lowest BCUT2D eigenvalue weighted by molar-refractivity contribution is 0.0910. The summed E-state index contributed by atoms with van der Waals surface area (Å²) in [7, 11) is 0. The standard InChI is InChI=1S/C16H20N2O/c1-16(2,9-10-17)18-15(19)14-8-7-12-5-3-4-6-13(12)11-14/h3-8,11H,9-10,17H2,1-2H3,(H,18,19). The fourth-order valence-corrected chi connectivity index (χ4v) is 2.13. The fraction of sp³-hybridized carbons (Fsp3) is 0.312. The first-order valence-electron chi connectivity index (χ1n) is 6.53. The van der Waals surface area contributed by atoms with Crippen LogP contribution in [0, 0.1) is 0 Å². The fourth-order valence-electron chi connectivity index (χ4n) is 2.13. The SMILES string of the molecule is CC(C)(CCN)NC(=O)c1ccc2ccccc2c1. The van der Waals surface area contributed by atoms with Gasteiger partial charge in [0.05, 0.1) is 0 Å². The smallest absolute Gasteiger partial charge is 0.251 e. The summed E-state index contributed by atoms with van der Waals surface area (Å²) in [6.45, 7) is 4.53. The Bertz CT molecular complexity index is 590. The van der Waals surface area contributed by atoms with Crippen LogP contribution in [0.4, 0.5) is 0 Å². The van der Waals surface area contributed by atoms with Crippen LogP contribution >= 0.6 is 0 Å². The molecule has 0 atom stereocenters. The maximum atomic E-state index is 12.2. The van der Waals surface area contributed by atoms with E-state index in [9.17, 15) is 4.79 Å². The van der Waals surface area contributed by atoms with Crippen molar-refractivity contribution in [3.8, 4) is 0 Å². The number of carbonyl (C=O) groups excluding carboxylic acids is 1. The molecule has 0 unspecified atom stereocenters. The Labute approximate surface area is 113 Å². The van der Waals surface area contributed by atoms with Crippen LogP contribution in [-0.4, -0.2) is 18.0 Å². The number of amides is 1. The third kappa shape index (κ3) is 3.32. The molecule has 2 aromatic rings. The van der Waals surface area contributed by atoms with E-state index in [1.807, 2.05) is 56.3 Å². The van der Waals surface area contributed by atoms with Crippen molar-refractivity contribution in [1.29, 1.82) is 0 Å². The minimum atomic E-state index is -0.280. The Kier molecular flexibility index (Phi) is 3.86. The highest BCUT2D eigenvalue weighted by Gasteiger charge is 2.20. The summed E-state index contributed by atoms with van der Waals surface area (Å²) >= 11 is 0. The largest absolute Gasteiger partial charge is 0.347 e. The summed E-state index contributed by atoms with van der Waals surface area (Å²) in [6, 6.07) is 13.8. The molecule has 3 heteroatoms. The molecular formula is C16H20N2O. The van der Waals surface area contributed by atoms with Crippen LogP contribution in [-0.2, 0) is 0 Å². The van der Waals surface area contributed by atoms with Gasteiger partial charge in [0.2, 0.25) is 0 Å². The van der Waals surface area contributed by atoms with E-state index < -0.39 is 0 Å². The van der Waals surface area contributed by atoms with Crippen LogP contribution in [0.1, 0.15) is 30.6 Å². The van der Waals surface area contributed by atoms with Crippen LogP contribution < -0.4 is 11.1 Å². The van der Waals surface area contributed by atoms with Crippen LogP contribution in [0.25, 0.3) is 10.8 Å². The third-order valence-electron chi connectivity index (χ3n) is 3.23. The summed E-state index contributed by atoms with van der Waals surface area (Å²) in [6.07, 6.45) is 0.756. The molecule has 0 spiro atoms. The Morgan fingerprint density at radius 1 is 1.16 bits per heavy atom. The van der Waals surface area contributed by atoms with Gasteiger partial charge in [-0.25, -0.2) is 0 Å². The van der Waals surface area contributed by atoms with E-state index in [2.05, 4.69) is 5.32 Å². The molecule has 0 fully saturated rings. The Balaban J connectivity index is 2.22. The molecule has 0 radical (unpaired) electrons. The first kappa shape index (κ1) is 13.6. The predicted octanol–water partition coefficient (Wildman–Crippen LogP) is 2.70. The number of nitrogens with two attached hydrogens (primary N) is 1. The number of hydrogen-bond donors (Lipinski definition) is 2. The van der Waals surface area contributed by atoms with Gasteiger partial charge in [-0.2, -0.15) is 0 Å². The van der Waals surface area contributed by atoms with Gasteiger partial charge in [-0.05, 0) is 49.7 Å². The predicted molar refractivity (Wildman–Crippen MR) is 79.2 cm³/mol. The van der Waals surface area contributed by atoms with Crippen molar-refractivity contribution in [3.63, 3.8) is 0 Å². The first-order chi connectivity index (χ1) is 9.02. The van der Waals surface area contributed by atoms with E-state index in [-0.39, 0.29) is 11.4 Å². The van der Waals surface area contributed by atoms with Gasteiger partial charge in [-0.3, -0.25) is 4.79 Å². The van der Waals surface area contributed by atoms with E-state index in [0.29, 0.717) is 12.1 Å². The molecule has 19 heavy (non-hydrogen) atoms. The van der Waals surface area contributed by atoms with Crippen molar-refractivity contribution in [3.05, 3.63) is 48.0 Å². The van der Waals surface area contributed by atoms with Gasteiger partial charge < -0.3 is 11.1 Å². The zero-order chi connectivity index (χ0) is 13.9. The number of benzene rings is 2. The second kappa shape index (κ2) is 5.41. The summed E-state index contributed by atoms with van der Waals surface area (Å²) in [5.74, 6) is -0.0517. The molecule has 0 saturated carbocycles. The van der Waals surface area contributed by atoms with E-state index in [4.69, 9.17) is 5.73 Å². The van der Waals surface area contributed by atoms with Gasteiger partial charge in [0.1, 0.15) is 0 Å². The van der Waals surface area contributed by atoms with Gasteiger partial charge in [-0.1, -0.05) is 30.3 Å². The number of fused-ring (bicyclic) bond motifs is 1. The Morgan fingerprint density at radius 2 is 1.84 bits per heavy atom. The van der Waals surface area contributed by atoms with Gasteiger partial charge in [0.25, 0.3) is 5.91 Å². The Morgan fingerprint density at radius 3 is 2.53 bits per heavy atom. The summed E-state index contributed by atoms with van der Waals surface area (Å²) < 4.78 is 0. The highest BCUT2D eigenvalue weighted by atomic mass is 16.1. The maximum absolute atomic E-state index is 12.2. The van der Waals surface area contributed by atoms with Gasteiger partial charge in [0, 0.05) is 11.1 Å². The van der Waals surface area contributed by atoms with Gasteiger partial charge >= 0.3 is 0 Å². The molecule has 0 aliphatic carbocycles. The molecule has 100 valence electrons. The second-order valence-electron chi connectivity index (χ2n) is 5.44. The highest BCUT2D eigenvalue weighted by molar-refractivity contribution is 5.98. The lowest BCUT2D eigenvalue weighted by Crippen LogP contribution is -2.44. The van der Waals surface area contributed by atoms with Crippen LogP contribution in [0.5, 0.6) is 0 Å².